The van der Waals surface area contributed by atoms with E-state index in [1.54, 1.807) is 6.20 Å². The van der Waals surface area contributed by atoms with Gasteiger partial charge in [0.25, 0.3) is 0 Å². The van der Waals surface area contributed by atoms with Crippen LogP contribution in [0.4, 0.5) is 0 Å². The fourth-order valence-electron chi connectivity index (χ4n) is 1.64. The third-order valence-corrected chi connectivity index (χ3v) is 2.33. The van der Waals surface area contributed by atoms with Crippen molar-refractivity contribution in [2.45, 2.75) is 33.1 Å². The van der Waals surface area contributed by atoms with E-state index in [1.165, 1.54) is 0 Å². The van der Waals surface area contributed by atoms with Gasteiger partial charge in [-0.15, -0.1) is 0 Å². The number of nitrogens with zero attached hydrogens (tertiary/aromatic N) is 1. The van der Waals surface area contributed by atoms with Crippen LogP contribution in [0.15, 0.2) is 11.0 Å². The van der Waals surface area contributed by atoms with Gasteiger partial charge in [0.15, 0.2) is 0 Å². The molecule has 0 atom stereocenters. The Morgan fingerprint density at radius 3 is 2.38 bits per heavy atom. The maximum Gasteiger partial charge on any atom is 0.323 e. The molecule has 1 amide bonds. The van der Waals surface area contributed by atoms with E-state index in [9.17, 15) is 9.59 Å². The summed E-state index contributed by atoms with van der Waals surface area (Å²) in [6, 6.07) is 0. The summed E-state index contributed by atoms with van der Waals surface area (Å²) in [5.74, 6) is 0.0685. The summed E-state index contributed by atoms with van der Waals surface area (Å²) >= 11 is 0. The SMILES string of the molecule is CCCN(CCC)C(=O)Cc1c[nH]c(=O)[nH]1. The van der Waals surface area contributed by atoms with Crippen LogP contribution in [0.5, 0.6) is 0 Å². The Bertz CT molecular complexity index is 375. The molecular weight excluding hydrogens is 206 g/mol. The monoisotopic (exact) mass is 225 g/mol. The number of imidazole rings is 1. The van der Waals surface area contributed by atoms with Gasteiger partial charge in [-0.1, -0.05) is 13.8 Å². The van der Waals surface area contributed by atoms with Crippen LogP contribution in [0.25, 0.3) is 0 Å². The number of H-pyrrole nitrogens is 2. The molecule has 1 rings (SSSR count). The highest BCUT2D eigenvalue weighted by molar-refractivity contribution is 5.78. The first-order valence-corrected chi connectivity index (χ1v) is 5.71. The molecule has 16 heavy (non-hydrogen) atoms. The largest absolute Gasteiger partial charge is 0.342 e. The lowest BCUT2D eigenvalue weighted by Crippen LogP contribution is -2.33. The van der Waals surface area contributed by atoms with Gasteiger partial charge >= 0.3 is 5.69 Å². The molecule has 1 aromatic rings. The zero-order valence-corrected chi connectivity index (χ0v) is 9.88. The average molecular weight is 225 g/mol. The molecule has 0 spiro atoms. The number of carbonyl (C=O) groups excluding carboxylic acids is 1. The normalized spacial score (nSPS) is 10.4. The molecule has 0 saturated carbocycles. The predicted molar refractivity (Wildman–Crippen MR) is 62.3 cm³/mol. The van der Waals surface area contributed by atoms with Crippen molar-refractivity contribution in [1.29, 1.82) is 0 Å². The van der Waals surface area contributed by atoms with Crippen LogP contribution in [0.3, 0.4) is 0 Å². The van der Waals surface area contributed by atoms with Gasteiger partial charge in [0.2, 0.25) is 5.91 Å². The number of hydrogen-bond donors (Lipinski definition) is 2. The van der Waals surface area contributed by atoms with E-state index in [4.69, 9.17) is 0 Å². The zero-order valence-electron chi connectivity index (χ0n) is 9.88. The second kappa shape index (κ2) is 6.15. The fraction of sp³-hybridized carbons (Fsp3) is 0.636. The zero-order chi connectivity index (χ0) is 12.0. The number of nitrogens with one attached hydrogen (secondary N) is 2. The second-order valence-electron chi connectivity index (χ2n) is 3.83. The van der Waals surface area contributed by atoms with Gasteiger partial charge in [-0.2, -0.15) is 0 Å². The number of amides is 1. The number of hydrogen-bond acceptors (Lipinski definition) is 2. The third kappa shape index (κ3) is 3.56. The minimum atomic E-state index is -0.264. The lowest BCUT2D eigenvalue weighted by Gasteiger charge is -2.20. The summed E-state index contributed by atoms with van der Waals surface area (Å²) in [5.41, 5.74) is 0.382. The summed E-state index contributed by atoms with van der Waals surface area (Å²) in [6.45, 7) is 5.66. The molecule has 0 radical (unpaired) electrons. The average Bonchev–Trinajstić information content (AvgIpc) is 2.63. The molecule has 0 bridgehead atoms. The van der Waals surface area contributed by atoms with Gasteiger partial charge < -0.3 is 14.9 Å². The van der Waals surface area contributed by atoms with Crippen molar-refractivity contribution in [3.63, 3.8) is 0 Å². The lowest BCUT2D eigenvalue weighted by molar-refractivity contribution is -0.130. The first kappa shape index (κ1) is 12.5. The lowest BCUT2D eigenvalue weighted by atomic mass is 10.2. The van der Waals surface area contributed by atoms with E-state index in [2.05, 4.69) is 9.97 Å². The van der Waals surface area contributed by atoms with Crippen LogP contribution in [-0.2, 0) is 11.2 Å². The quantitative estimate of drug-likeness (QED) is 0.755. The fourth-order valence-corrected chi connectivity index (χ4v) is 1.64. The Morgan fingerprint density at radius 1 is 1.31 bits per heavy atom. The van der Waals surface area contributed by atoms with E-state index >= 15 is 0 Å². The standard InChI is InChI=1S/C11H19N3O2/c1-3-5-14(6-4-2)10(15)7-9-8-12-11(16)13-9/h8H,3-7H2,1-2H3,(H2,12,13,16). The van der Waals surface area contributed by atoms with E-state index < -0.39 is 0 Å². The number of carbonyl (C=O) groups is 1. The molecule has 1 heterocycles. The van der Waals surface area contributed by atoms with Crippen LogP contribution in [0.2, 0.25) is 0 Å². The summed E-state index contributed by atoms with van der Waals surface area (Å²) < 4.78 is 0. The van der Waals surface area contributed by atoms with Crippen LogP contribution in [0, 0.1) is 0 Å². The van der Waals surface area contributed by atoms with Gasteiger partial charge in [-0.3, -0.25) is 4.79 Å². The smallest absolute Gasteiger partial charge is 0.323 e. The van der Waals surface area contributed by atoms with Crippen molar-refractivity contribution in [1.82, 2.24) is 14.9 Å². The van der Waals surface area contributed by atoms with Gasteiger partial charge in [0, 0.05) is 25.0 Å². The van der Waals surface area contributed by atoms with Crippen molar-refractivity contribution in [3.8, 4) is 0 Å². The van der Waals surface area contributed by atoms with Crippen LogP contribution >= 0.6 is 0 Å². The number of aromatic amines is 2. The summed E-state index contributed by atoms with van der Waals surface area (Å²) in [6.07, 6.45) is 3.72. The molecule has 5 heteroatoms. The Kier molecular flexibility index (Phi) is 4.82. The molecular formula is C11H19N3O2. The Labute approximate surface area is 94.9 Å². The molecule has 0 aliphatic carbocycles. The topological polar surface area (TPSA) is 69.0 Å². The molecule has 0 saturated heterocycles. The molecule has 2 N–H and O–H groups in total. The van der Waals surface area contributed by atoms with Crippen LogP contribution < -0.4 is 5.69 Å². The maximum absolute atomic E-state index is 11.9. The molecule has 90 valence electrons. The van der Waals surface area contributed by atoms with E-state index in [-0.39, 0.29) is 18.0 Å². The highest BCUT2D eigenvalue weighted by Gasteiger charge is 2.12. The third-order valence-electron chi connectivity index (χ3n) is 2.33. The van der Waals surface area contributed by atoms with Crippen molar-refractivity contribution < 1.29 is 4.79 Å². The van der Waals surface area contributed by atoms with Crippen molar-refractivity contribution >= 4 is 5.91 Å². The number of rotatable bonds is 6. The van der Waals surface area contributed by atoms with E-state index in [1.807, 2.05) is 18.7 Å². The molecule has 5 nitrogen and oxygen atoms in total. The van der Waals surface area contributed by atoms with E-state index in [0.29, 0.717) is 5.69 Å². The maximum atomic E-state index is 11.9. The Balaban J connectivity index is 2.57. The molecule has 1 aromatic heterocycles. The molecule has 0 aromatic carbocycles. The Morgan fingerprint density at radius 2 is 1.94 bits per heavy atom. The van der Waals surface area contributed by atoms with Crippen LogP contribution in [-0.4, -0.2) is 33.9 Å². The summed E-state index contributed by atoms with van der Waals surface area (Å²) in [7, 11) is 0. The Hall–Kier alpha value is -1.52. The van der Waals surface area contributed by atoms with Gasteiger partial charge in [0.1, 0.15) is 0 Å². The molecule has 0 unspecified atom stereocenters. The van der Waals surface area contributed by atoms with Crippen molar-refractivity contribution in [2.24, 2.45) is 0 Å². The first-order chi connectivity index (χ1) is 7.67. The minimum Gasteiger partial charge on any atom is -0.342 e. The summed E-state index contributed by atoms with van der Waals surface area (Å²) in [4.78, 5) is 29.7. The summed E-state index contributed by atoms with van der Waals surface area (Å²) in [5, 5.41) is 0. The van der Waals surface area contributed by atoms with Crippen molar-refractivity contribution in [3.05, 3.63) is 22.4 Å². The first-order valence-electron chi connectivity index (χ1n) is 5.71. The van der Waals surface area contributed by atoms with Gasteiger partial charge in [-0.25, -0.2) is 4.79 Å². The molecule has 0 fully saturated rings. The molecule has 0 aliphatic heterocycles. The number of aromatic nitrogens is 2. The van der Waals surface area contributed by atoms with Crippen molar-refractivity contribution in [2.75, 3.05) is 13.1 Å². The molecule has 0 aliphatic rings. The van der Waals surface area contributed by atoms with E-state index in [0.717, 1.165) is 25.9 Å². The van der Waals surface area contributed by atoms with Gasteiger partial charge in [0.05, 0.1) is 6.42 Å². The predicted octanol–water partition coefficient (Wildman–Crippen LogP) is 0.894. The minimum absolute atomic E-state index is 0.0685. The second-order valence-corrected chi connectivity index (χ2v) is 3.83. The van der Waals surface area contributed by atoms with Gasteiger partial charge in [-0.05, 0) is 12.8 Å². The highest BCUT2D eigenvalue weighted by Crippen LogP contribution is 2.00. The van der Waals surface area contributed by atoms with Crippen LogP contribution in [0.1, 0.15) is 32.4 Å². The highest BCUT2D eigenvalue weighted by atomic mass is 16.2.